The van der Waals surface area contributed by atoms with Crippen LogP contribution < -0.4 is 5.73 Å². The van der Waals surface area contributed by atoms with Crippen LogP contribution in [0.5, 0.6) is 0 Å². The molecule has 0 aliphatic carbocycles. The number of hydrogen-bond acceptors (Lipinski definition) is 2. The molecule has 0 aromatic heterocycles. The quantitative estimate of drug-likeness (QED) is 0.900. The molecule has 0 aliphatic rings. The highest BCUT2D eigenvalue weighted by Crippen LogP contribution is 2.25. The van der Waals surface area contributed by atoms with E-state index in [0.717, 1.165) is 15.6 Å². The SMILES string of the molecule is CC(N)(C(=O)Cc1ccc(Br)cc1Cl)c1ccccc1. The predicted molar refractivity (Wildman–Crippen MR) is 85.8 cm³/mol. The second-order valence-electron chi connectivity index (χ2n) is 4.90. The highest BCUT2D eigenvalue weighted by molar-refractivity contribution is 9.10. The van der Waals surface area contributed by atoms with Crippen molar-refractivity contribution in [3.8, 4) is 0 Å². The first kappa shape index (κ1) is 15.2. The molecule has 20 heavy (non-hydrogen) atoms. The van der Waals surface area contributed by atoms with Gasteiger partial charge in [-0.2, -0.15) is 0 Å². The van der Waals surface area contributed by atoms with Gasteiger partial charge in [0.25, 0.3) is 0 Å². The van der Waals surface area contributed by atoms with Crippen molar-refractivity contribution in [2.24, 2.45) is 5.73 Å². The molecular formula is C16H15BrClNO. The summed E-state index contributed by atoms with van der Waals surface area (Å²) in [6.07, 6.45) is 0.216. The fourth-order valence-corrected chi connectivity index (χ4v) is 2.71. The van der Waals surface area contributed by atoms with Gasteiger partial charge in [-0.3, -0.25) is 4.79 Å². The van der Waals surface area contributed by atoms with Gasteiger partial charge >= 0.3 is 0 Å². The van der Waals surface area contributed by atoms with E-state index in [1.807, 2.05) is 42.5 Å². The normalized spacial score (nSPS) is 13.8. The lowest BCUT2D eigenvalue weighted by molar-refractivity contribution is -0.123. The van der Waals surface area contributed by atoms with E-state index in [0.29, 0.717) is 5.02 Å². The van der Waals surface area contributed by atoms with Gasteiger partial charge in [-0.1, -0.05) is 63.9 Å². The Labute approximate surface area is 132 Å². The minimum absolute atomic E-state index is 0.0621. The van der Waals surface area contributed by atoms with Crippen molar-refractivity contribution in [1.82, 2.24) is 0 Å². The smallest absolute Gasteiger partial charge is 0.161 e. The number of benzene rings is 2. The molecule has 0 spiro atoms. The largest absolute Gasteiger partial charge is 0.315 e. The minimum Gasteiger partial charge on any atom is -0.315 e. The molecule has 2 aromatic rings. The van der Waals surface area contributed by atoms with E-state index in [1.54, 1.807) is 13.0 Å². The Morgan fingerprint density at radius 3 is 2.50 bits per heavy atom. The van der Waals surface area contributed by atoms with E-state index in [2.05, 4.69) is 15.9 Å². The van der Waals surface area contributed by atoms with Crippen molar-refractivity contribution in [1.29, 1.82) is 0 Å². The summed E-state index contributed by atoms with van der Waals surface area (Å²) in [6.45, 7) is 1.73. The van der Waals surface area contributed by atoms with Crippen LogP contribution in [0.4, 0.5) is 0 Å². The fraction of sp³-hybridized carbons (Fsp3) is 0.188. The molecule has 2 nitrogen and oxygen atoms in total. The zero-order chi connectivity index (χ0) is 14.8. The van der Waals surface area contributed by atoms with Crippen molar-refractivity contribution < 1.29 is 4.79 Å². The van der Waals surface area contributed by atoms with E-state index in [1.165, 1.54) is 0 Å². The first-order valence-electron chi connectivity index (χ1n) is 6.23. The Morgan fingerprint density at radius 1 is 1.25 bits per heavy atom. The van der Waals surface area contributed by atoms with E-state index >= 15 is 0 Å². The number of halogens is 2. The van der Waals surface area contributed by atoms with Crippen LogP contribution in [0.15, 0.2) is 53.0 Å². The summed E-state index contributed by atoms with van der Waals surface area (Å²) < 4.78 is 0.886. The number of rotatable bonds is 4. The molecule has 0 aliphatic heterocycles. The number of ketones is 1. The van der Waals surface area contributed by atoms with E-state index in [-0.39, 0.29) is 12.2 Å². The average molecular weight is 353 g/mol. The molecule has 0 radical (unpaired) electrons. The standard InChI is InChI=1S/C16H15BrClNO/c1-16(19,12-5-3-2-4-6-12)15(20)9-11-7-8-13(17)10-14(11)18/h2-8,10H,9,19H2,1H3. The molecule has 1 unspecified atom stereocenters. The van der Waals surface area contributed by atoms with Gasteiger partial charge in [0.15, 0.2) is 5.78 Å². The molecule has 0 saturated heterocycles. The van der Waals surface area contributed by atoms with Crippen molar-refractivity contribution in [3.63, 3.8) is 0 Å². The van der Waals surface area contributed by atoms with Crippen molar-refractivity contribution in [2.75, 3.05) is 0 Å². The van der Waals surface area contributed by atoms with Crippen LogP contribution in [0.3, 0.4) is 0 Å². The molecule has 0 fully saturated rings. The summed E-state index contributed by atoms with van der Waals surface area (Å²) in [5.74, 6) is -0.0621. The topological polar surface area (TPSA) is 43.1 Å². The summed E-state index contributed by atoms with van der Waals surface area (Å²) in [5, 5.41) is 0.566. The highest BCUT2D eigenvalue weighted by Gasteiger charge is 2.30. The van der Waals surface area contributed by atoms with Gasteiger partial charge < -0.3 is 5.73 Å². The third-order valence-electron chi connectivity index (χ3n) is 3.32. The van der Waals surface area contributed by atoms with Crippen molar-refractivity contribution >= 4 is 33.3 Å². The van der Waals surface area contributed by atoms with Crippen LogP contribution in [-0.4, -0.2) is 5.78 Å². The van der Waals surface area contributed by atoms with Gasteiger partial charge in [-0.15, -0.1) is 0 Å². The average Bonchev–Trinajstić information content (AvgIpc) is 2.42. The number of carbonyl (C=O) groups excluding carboxylic acids is 1. The molecular weight excluding hydrogens is 338 g/mol. The van der Waals surface area contributed by atoms with E-state index in [4.69, 9.17) is 17.3 Å². The van der Waals surface area contributed by atoms with Crippen LogP contribution in [0, 0.1) is 0 Å². The predicted octanol–water partition coefficient (Wildman–Crippen LogP) is 4.09. The molecule has 0 bridgehead atoms. The molecule has 2 N–H and O–H groups in total. The van der Waals surface area contributed by atoms with E-state index < -0.39 is 5.54 Å². The summed E-state index contributed by atoms with van der Waals surface area (Å²) in [6, 6.07) is 14.9. The number of carbonyl (C=O) groups is 1. The Kier molecular flexibility index (Phi) is 4.63. The van der Waals surface area contributed by atoms with Crippen LogP contribution in [0.2, 0.25) is 5.02 Å². The highest BCUT2D eigenvalue weighted by atomic mass is 79.9. The van der Waals surface area contributed by atoms with E-state index in [9.17, 15) is 4.79 Å². The summed E-state index contributed by atoms with van der Waals surface area (Å²) >= 11 is 9.49. The Balaban J connectivity index is 2.23. The molecule has 0 heterocycles. The zero-order valence-electron chi connectivity index (χ0n) is 11.1. The number of hydrogen-bond donors (Lipinski definition) is 1. The first-order chi connectivity index (χ1) is 9.41. The van der Waals surface area contributed by atoms with Crippen LogP contribution in [-0.2, 0) is 16.8 Å². The fourth-order valence-electron chi connectivity index (χ4n) is 1.97. The van der Waals surface area contributed by atoms with Crippen molar-refractivity contribution in [3.05, 3.63) is 69.2 Å². The van der Waals surface area contributed by atoms with Crippen LogP contribution >= 0.6 is 27.5 Å². The molecule has 0 saturated carbocycles. The lowest BCUT2D eigenvalue weighted by Crippen LogP contribution is -2.42. The summed E-state index contributed by atoms with van der Waals surface area (Å²) in [7, 11) is 0. The molecule has 2 aromatic carbocycles. The lowest BCUT2D eigenvalue weighted by Gasteiger charge is -2.24. The van der Waals surface area contributed by atoms with Crippen molar-refractivity contribution in [2.45, 2.75) is 18.9 Å². The second-order valence-corrected chi connectivity index (χ2v) is 6.23. The molecule has 104 valence electrons. The van der Waals surface area contributed by atoms with Gasteiger partial charge in [0.2, 0.25) is 0 Å². The van der Waals surface area contributed by atoms with Crippen LogP contribution in [0.1, 0.15) is 18.1 Å². The van der Waals surface area contributed by atoms with Gasteiger partial charge in [0.05, 0.1) is 5.54 Å². The first-order valence-corrected chi connectivity index (χ1v) is 7.40. The van der Waals surface area contributed by atoms with Gasteiger partial charge in [-0.25, -0.2) is 0 Å². The molecule has 1 atom stereocenters. The Bertz CT molecular complexity index is 626. The lowest BCUT2D eigenvalue weighted by atomic mass is 9.86. The number of Topliss-reactive ketones (excluding diaryl/α,β-unsaturated/α-hetero) is 1. The Morgan fingerprint density at radius 2 is 1.90 bits per heavy atom. The Hall–Kier alpha value is -1.16. The van der Waals surface area contributed by atoms with Crippen LogP contribution in [0.25, 0.3) is 0 Å². The summed E-state index contributed by atoms with van der Waals surface area (Å²) in [4.78, 5) is 12.5. The maximum atomic E-state index is 12.5. The maximum absolute atomic E-state index is 12.5. The molecule has 0 amide bonds. The maximum Gasteiger partial charge on any atom is 0.161 e. The third kappa shape index (κ3) is 3.29. The van der Waals surface area contributed by atoms with Gasteiger partial charge in [0.1, 0.15) is 0 Å². The third-order valence-corrected chi connectivity index (χ3v) is 4.16. The monoisotopic (exact) mass is 351 g/mol. The van der Waals surface area contributed by atoms with Gasteiger partial charge in [0, 0.05) is 15.9 Å². The summed E-state index contributed by atoms with van der Waals surface area (Å²) in [5.41, 5.74) is 6.78. The molecule has 2 rings (SSSR count). The molecule has 4 heteroatoms. The van der Waals surface area contributed by atoms with Gasteiger partial charge in [-0.05, 0) is 30.2 Å². The number of nitrogens with two attached hydrogens (primary N) is 1. The minimum atomic E-state index is -1.02. The zero-order valence-corrected chi connectivity index (χ0v) is 13.4. The second kappa shape index (κ2) is 6.08.